The summed E-state index contributed by atoms with van der Waals surface area (Å²) in [7, 11) is 3.40. The quantitative estimate of drug-likeness (QED) is 0.631. The standard InChI is InChI=1S/C14H22N2O2S/c1-16-12(9-13(17)18-2)10-19-14(16)15-11-7-5-3-4-6-8-11/h10-11H,3-9H2,1-2H3. The van der Waals surface area contributed by atoms with E-state index in [1.165, 1.54) is 45.6 Å². The molecule has 0 N–H and O–H groups in total. The third-order valence-corrected chi connectivity index (χ3v) is 4.67. The highest BCUT2D eigenvalue weighted by atomic mass is 32.1. The van der Waals surface area contributed by atoms with Crippen LogP contribution in [-0.2, 0) is 23.0 Å². The zero-order valence-electron chi connectivity index (χ0n) is 11.7. The molecule has 0 aliphatic heterocycles. The number of hydrogen-bond donors (Lipinski definition) is 0. The maximum Gasteiger partial charge on any atom is 0.311 e. The molecule has 1 heterocycles. The Bertz CT molecular complexity index is 482. The summed E-state index contributed by atoms with van der Waals surface area (Å²) >= 11 is 1.62. The lowest BCUT2D eigenvalue weighted by Gasteiger charge is -2.07. The average molecular weight is 282 g/mol. The summed E-state index contributed by atoms with van der Waals surface area (Å²) < 4.78 is 6.73. The molecule has 1 saturated carbocycles. The van der Waals surface area contributed by atoms with E-state index in [2.05, 4.69) is 0 Å². The van der Waals surface area contributed by atoms with Crippen LogP contribution in [0, 0.1) is 0 Å². The number of rotatable bonds is 3. The zero-order chi connectivity index (χ0) is 13.7. The van der Waals surface area contributed by atoms with Gasteiger partial charge in [0.1, 0.15) is 0 Å². The van der Waals surface area contributed by atoms with Crippen LogP contribution >= 0.6 is 11.3 Å². The maximum absolute atomic E-state index is 11.3. The molecule has 0 bridgehead atoms. The minimum atomic E-state index is -0.200. The SMILES string of the molecule is COC(=O)Cc1csc(=NC2CCCCCC2)n1C. The monoisotopic (exact) mass is 282 g/mol. The fourth-order valence-electron chi connectivity index (χ4n) is 2.44. The average Bonchev–Trinajstić information content (AvgIpc) is 2.63. The van der Waals surface area contributed by atoms with Gasteiger partial charge >= 0.3 is 5.97 Å². The van der Waals surface area contributed by atoms with Gasteiger partial charge in [0.25, 0.3) is 0 Å². The summed E-state index contributed by atoms with van der Waals surface area (Å²) in [5.41, 5.74) is 0.976. The number of hydrogen-bond acceptors (Lipinski definition) is 4. The van der Waals surface area contributed by atoms with Crippen molar-refractivity contribution in [2.24, 2.45) is 12.0 Å². The first-order chi connectivity index (χ1) is 9.20. The molecule has 1 fully saturated rings. The van der Waals surface area contributed by atoms with Crippen LogP contribution in [0.4, 0.5) is 0 Å². The van der Waals surface area contributed by atoms with Crippen molar-refractivity contribution in [2.75, 3.05) is 7.11 Å². The molecule has 0 unspecified atom stereocenters. The Morgan fingerprint density at radius 1 is 1.42 bits per heavy atom. The molecule has 0 saturated heterocycles. The first kappa shape index (κ1) is 14.3. The van der Waals surface area contributed by atoms with E-state index in [1.54, 1.807) is 11.3 Å². The number of carbonyl (C=O) groups is 1. The molecular weight excluding hydrogens is 260 g/mol. The second-order valence-corrected chi connectivity index (χ2v) is 5.93. The summed E-state index contributed by atoms with van der Waals surface area (Å²) in [6, 6.07) is 0.457. The summed E-state index contributed by atoms with van der Waals surface area (Å²) in [6.45, 7) is 0. The molecule has 0 atom stereocenters. The van der Waals surface area contributed by atoms with Crippen molar-refractivity contribution < 1.29 is 9.53 Å². The predicted molar refractivity (Wildman–Crippen MR) is 76.1 cm³/mol. The van der Waals surface area contributed by atoms with Crippen LogP contribution in [0.15, 0.2) is 10.4 Å². The highest BCUT2D eigenvalue weighted by molar-refractivity contribution is 7.07. The Balaban J connectivity index is 2.13. The third-order valence-electron chi connectivity index (χ3n) is 3.69. The summed E-state index contributed by atoms with van der Waals surface area (Å²) in [5, 5.41) is 2.01. The lowest BCUT2D eigenvalue weighted by atomic mass is 10.1. The number of methoxy groups -OCH3 is 1. The fraction of sp³-hybridized carbons (Fsp3) is 0.714. The van der Waals surface area contributed by atoms with E-state index in [4.69, 9.17) is 9.73 Å². The van der Waals surface area contributed by atoms with Crippen LogP contribution in [-0.4, -0.2) is 23.7 Å². The van der Waals surface area contributed by atoms with E-state index in [9.17, 15) is 4.79 Å². The van der Waals surface area contributed by atoms with Gasteiger partial charge in [0.15, 0.2) is 4.80 Å². The van der Waals surface area contributed by atoms with Crippen molar-refractivity contribution in [2.45, 2.75) is 51.0 Å². The van der Waals surface area contributed by atoms with Gasteiger partial charge in [0.2, 0.25) is 0 Å². The molecule has 1 aliphatic carbocycles. The molecule has 1 aromatic rings. The Morgan fingerprint density at radius 3 is 2.74 bits per heavy atom. The molecule has 4 nitrogen and oxygen atoms in total. The second kappa shape index (κ2) is 6.89. The first-order valence-corrected chi connectivity index (χ1v) is 7.82. The number of ether oxygens (including phenoxy) is 1. The molecule has 0 amide bonds. The normalized spacial score (nSPS) is 18.3. The zero-order valence-corrected chi connectivity index (χ0v) is 12.5. The molecule has 0 spiro atoms. The lowest BCUT2D eigenvalue weighted by Crippen LogP contribution is -2.19. The minimum absolute atomic E-state index is 0.200. The van der Waals surface area contributed by atoms with E-state index < -0.39 is 0 Å². The molecule has 1 aliphatic rings. The number of thiazole rings is 1. The van der Waals surface area contributed by atoms with Crippen molar-refractivity contribution >= 4 is 17.3 Å². The largest absolute Gasteiger partial charge is 0.469 e. The Hall–Kier alpha value is -1.10. The van der Waals surface area contributed by atoms with Crippen molar-refractivity contribution in [3.63, 3.8) is 0 Å². The van der Waals surface area contributed by atoms with Gasteiger partial charge in [-0.3, -0.25) is 9.79 Å². The number of nitrogens with zero attached hydrogens (tertiary/aromatic N) is 2. The highest BCUT2D eigenvalue weighted by Crippen LogP contribution is 2.19. The minimum Gasteiger partial charge on any atom is -0.469 e. The van der Waals surface area contributed by atoms with Crippen molar-refractivity contribution in [3.05, 3.63) is 15.9 Å². The third kappa shape index (κ3) is 3.93. The van der Waals surface area contributed by atoms with Crippen molar-refractivity contribution in [3.8, 4) is 0 Å². The van der Waals surface area contributed by atoms with Crippen LogP contribution < -0.4 is 4.80 Å². The molecule has 0 radical (unpaired) electrons. The molecule has 19 heavy (non-hydrogen) atoms. The summed E-state index contributed by atoms with van der Waals surface area (Å²) in [4.78, 5) is 17.2. The highest BCUT2D eigenvalue weighted by Gasteiger charge is 2.12. The van der Waals surface area contributed by atoms with E-state index in [-0.39, 0.29) is 5.97 Å². The van der Waals surface area contributed by atoms with Gasteiger partial charge in [-0.1, -0.05) is 25.7 Å². The van der Waals surface area contributed by atoms with E-state index >= 15 is 0 Å². The Morgan fingerprint density at radius 2 is 2.11 bits per heavy atom. The van der Waals surface area contributed by atoms with Crippen LogP contribution in [0.1, 0.15) is 44.2 Å². The van der Waals surface area contributed by atoms with Gasteiger partial charge in [-0.2, -0.15) is 0 Å². The van der Waals surface area contributed by atoms with Crippen molar-refractivity contribution in [1.82, 2.24) is 4.57 Å². The maximum atomic E-state index is 11.3. The Labute approximate surface area is 118 Å². The van der Waals surface area contributed by atoms with Crippen LogP contribution in [0.25, 0.3) is 0 Å². The van der Waals surface area contributed by atoms with E-state index in [1.807, 2.05) is 17.0 Å². The fourth-order valence-corrected chi connectivity index (χ4v) is 3.41. The Kier molecular flexibility index (Phi) is 5.19. The molecule has 106 valence electrons. The second-order valence-electron chi connectivity index (χ2n) is 5.10. The summed E-state index contributed by atoms with van der Waals surface area (Å²) in [5.74, 6) is -0.200. The van der Waals surface area contributed by atoms with Gasteiger partial charge in [-0.05, 0) is 12.8 Å². The molecule has 2 rings (SSSR count). The van der Waals surface area contributed by atoms with Gasteiger partial charge in [0, 0.05) is 18.1 Å². The number of esters is 1. The van der Waals surface area contributed by atoms with Gasteiger partial charge in [-0.25, -0.2) is 0 Å². The molecule has 1 aromatic heterocycles. The number of aromatic nitrogens is 1. The molecule has 5 heteroatoms. The van der Waals surface area contributed by atoms with Crippen LogP contribution in [0.5, 0.6) is 0 Å². The van der Waals surface area contributed by atoms with Crippen molar-refractivity contribution in [1.29, 1.82) is 0 Å². The smallest absolute Gasteiger partial charge is 0.311 e. The first-order valence-electron chi connectivity index (χ1n) is 6.94. The predicted octanol–water partition coefficient (Wildman–Crippen LogP) is 2.43. The molecule has 0 aromatic carbocycles. The summed E-state index contributed by atoms with van der Waals surface area (Å²) in [6.07, 6.45) is 7.99. The van der Waals surface area contributed by atoms with E-state index in [0.717, 1.165) is 10.5 Å². The van der Waals surface area contributed by atoms with Gasteiger partial charge in [-0.15, -0.1) is 11.3 Å². The topological polar surface area (TPSA) is 43.6 Å². The lowest BCUT2D eigenvalue weighted by molar-refractivity contribution is -0.139. The van der Waals surface area contributed by atoms with E-state index in [0.29, 0.717) is 12.5 Å². The number of carbonyl (C=O) groups excluding carboxylic acids is 1. The van der Waals surface area contributed by atoms with Crippen LogP contribution in [0.2, 0.25) is 0 Å². The van der Waals surface area contributed by atoms with Crippen LogP contribution in [0.3, 0.4) is 0 Å². The molecular formula is C14H22N2O2S. The van der Waals surface area contributed by atoms with Gasteiger partial charge in [0.05, 0.1) is 19.6 Å². The van der Waals surface area contributed by atoms with Gasteiger partial charge < -0.3 is 9.30 Å².